The second-order valence-corrected chi connectivity index (χ2v) is 7.29. The van der Waals surface area contributed by atoms with Gasteiger partial charge in [-0.25, -0.2) is 0 Å². The Kier molecular flexibility index (Phi) is 5.07. The first-order chi connectivity index (χ1) is 11.8. The van der Waals surface area contributed by atoms with Gasteiger partial charge in [0, 0.05) is 16.6 Å². The van der Waals surface area contributed by atoms with Crippen LogP contribution in [0.5, 0.6) is 0 Å². The number of hydrogen-bond donors (Lipinski definition) is 1. The highest BCUT2D eigenvalue weighted by Crippen LogP contribution is 2.29. The standard InChI is InChI=1S/C20H19Cl2NO2/c1-11(2)15-9-16-13(10-25-19(16)6-12(15)3)7-20(24)23-14-4-5-17(21)18(22)8-14/h4-6,8-11H,7H2,1-3H3,(H,23,24). The molecule has 0 bridgehead atoms. The summed E-state index contributed by atoms with van der Waals surface area (Å²) in [6.45, 7) is 6.39. The van der Waals surface area contributed by atoms with Crippen LogP contribution in [0.1, 0.15) is 36.5 Å². The van der Waals surface area contributed by atoms with Gasteiger partial charge in [-0.05, 0) is 54.3 Å². The van der Waals surface area contributed by atoms with E-state index < -0.39 is 0 Å². The summed E-state index contributed by atoms with van der Waals surface area (Å²) in [6.07, 6.45) is 1.89. The monoisotopic (exact) mass is 375 g/mol. The van der Waals surface area contributed by atoms with Crippen LogP contribution in [0, 0.1) is 6.92 Å². The molecule has 0 atom stereocenters. The van der Waals surface area contributed by atoms with Gasteiger partial charge >= 0.3 is 0 Å². The van der Waals surface area contributed by atoms with Crippen molar-refractivity contribution in [1.82, 2.24) is 0 Å². The molecule has 1 heterocycles. The number of anilines is 1. The highest BCUT2D eigenvalue weighted by Gasteiger charge is 2.14. The lowest BCUT2D eigenvalue weighted by molar-refractivity contribution is -0.115. The van der Waals surface area contributed by atoms with Gasteiger partial charge in [0.25, 0.3) is 0 Å². The van der Waals surface area contributed by atoms with E-state index in [2.05, 4.69) is 32.2 Å². The minimum atomic E-state index is -0.132. The van der Waals surface area contributed by atoms with Crippen LogP contribution in [-0.2, 0) is 11.2 Å². The van der Waals surface area contributed by atoms with E-state index in [9.17, 15) is 4.79 Å². The number of amides is 1. The molecular formula is C20H19Cl2NO2. The Bertz CT molecular complexity index is 944. The predicted molar refractivity (Wildman–Crippen MR) is 104 cm³/mol. The molecule has 1 N–H and O–H groups in total. The van der Waals surface area contributed by atoms with Gasteiger partial charge < -0.3 is 9.73 Å². The third kappa shape index (κ3) is 3.83. The van der Waals surface area contributed by atoms with Crippen molar-refractivity contribution in [2.24, 2.45) is 0 Å². The first-order valence-electron chi connectivity index (χ1n) is 8.10. The number of carbonyl (C=O) groups is 1. The van der Waals surface area contributed by atoms with Crippen molar-refractivity contribution < 1.29 is 9.21 Å². The van der Waals surface area contributed by atoms with Crippen LogP contribution >= 0.6 is 23.2 Å². The van der Waals surface area contributed by atoms with Gasteiger partial charge in [-0.3, -0.25) is 4.79 Å². The minimum absolute atomic E-state index is 0.132. The van der Waals surface area contributed by atoms with Crippen LogP contribution < -0.4 is 5.32 Å². The van der Waals surface area contributed by atoms with Gasteiger partial charge in [-0.2, -0.15) is 0 Å². The molecule has 0 spiro atoms. The molecule has 25 heavy (non-hydrogen) atoms. The maximum absolute atomic E-state index is 12.4. The fraction of sp³-hybridized carbons (Fsp3) is 0.250. The number of halogens is 2. The van der Waals surface area contributed by atoms with Gasteiger partial charge in [0.2, 0.25) is 5.91 Å². The molecule has 0 radical (unpaired) electrons. The summed E-state index contributed by atoms with van der Waals surface area (Å²) in [5.41, 5.74) is 4.75. The van der Waals surface area contributed by atoms with Crippen molar-refractivity contribution in [1.29, 1.82) is 0 Å². The Morgan fingerprint density at radius 2 is 1.92 bits per heavy atom. The highest BCUT2D eigenvalue weighted by molar-refractivity contribution is 6.42. The van der Waals surface area contributed by atoms with E-state index in [1.807, 2.05) is 6.07 Å². The van der Waals surface area contributed by atoms with Crippen molar-refractivity contribution in [3.63, 3.8) is 0 Å². The quantitative estimate of drug-likeness (QED) is 0.576. The summed E-state index contributed by atoms with van der Waals surface area (Å²) >= 11 is 11.9. The van der Waals surface area contributed by atoms with Crippen LogP contribution in [0.25, 0.3) is 11.0 Å². The number of furan rings is 1. The molecule has 0 unspecified atom stereocenters. The second-order valence-electron chi connectivity index (χ2n) is 6.47. The Balaban J connectivity index is 1.83. The first kappa shape index (κ1) is 17.8. The normalized spacial score (nSPS) is 11.3. The average Bonchev–Trinajstić information content (AvgIpc) is 2.91. The fourth-order valence-electron chi connectivity index (χ4n) is 2.96. The Hall–Kier alpha value is -1.97. The molecule has 0 aliphatic rings. The molecular weight excluding hydrogens is 357 g/mol. The Labute approximate surface area is 156 Å². The third-order valence-corrected chi connectivity index (χ3v) is 4.96. The fourth-order valence-corrected chi connectivity index (χ4v) is 3.25. The number of hydrogen-bond acceptors (Lipinski definition) is 2. The molecule has 3 rings (SSSR count). The topological polar surface area (TPSA) is 42.2 Å². The number of benzene rings is 2. The maximum Gasteiger partial charge on any atom is 0.228 e. The van der Waals surface area contributed by atoms with E-state index in [1.165, 1.54) is 11.1 Å². The summed E-state index contributed by atoms with van der Waals surface area (Å²) in [4.78, 5) is 12.4. The first-order valence-corrected chi connectivity index (χ1v) is 8.86. The number of nitrogens with one attached hydrogen (secondary N) is 1. The van der Waals surface area contributed by atoms with Crippen LogP contribution in [0.4, 0.5) is 5.69 Å². The molecule has 3 aromatic rings. The summed E-state index contributed by atoms with van der Waals surface area (Å²) in [6, 6.07) is 9.17. The lowest BCUT2D eigenvalue weighted by Crippen LogP contribution is -2.14. The molecule has 0 aliphatic carbocycles. The number of rotatable bonds is 4. The SMILES string of the molecule is Cc1cc2occ(CC(=O)Nc3ccc(Cl)c(Cl)c3)c2cc1C(C)C. The van der Waals surface area contributed by atoms with Crippen LogP contribution in [0.15, 0.2) is 41.0 Å². The average molecular weight is 376 g/mol. The van der Waals surface area contributed by atoms with E-state index in [-0.39, 0.29) is 12.3 Å². The molecule has 1 amide bonds. The zero-order valence-corrected chi connectivity index (χ0v) is 15.8. The summed E-state index contributed by atoms with van der Waals surface area (Å²) in [5.74, 6) is 0.282. The molecule has 1 aromatic heterocycles. The van der Waals surface area contributed by atoms with Crippen molar-refractivity contribution in [2.75, 3.05) is 5.32 Å². The van der Waals surface area contributed by atoms with Crippen molar-refractivity contribution >= 4 is 45.8 Å². The molecule has 5 heteroatoms. The van der Waals surface area contributed by atoms with E-state index >= 15 is 0 Å². The van der Waals surface area contributed by atoms with Gasteiger partial charge in [0.1, 0.15) is 5.58 Å². The van der Waals surface area contributed by atoms with Gasteiger partial charge in [0.05, 0.1) is 22.7 Å². The Morgan fingerprint density at radius 1 is 1.16 bits per heavy atom. The maximum atomic E-state index is 12.4. The zero-order valence-electron chi connectivity index (χ0n) is 14.3. The van der Waals surface area contributed by atoms with Crippen LogP contribution in [0.3, 0.4) is 0 Å². The molecule has 3 nitrogen and oxygen atoms in total. The van der Waals surface area contributed by atoms with E-state index in [4.69, 9.17) is 27.6 Å². The highest BCUT2D eigenvalue weighted by atomic mass is 35.5. The third-order valence-electron chi connectivity index (χ3n) is 4.22. The number of carbonyl (C=O) groups excluding carboxylic acids is 1. The minimum Gasteiger partial charge on any atom is -0.464 e. The second kappa shape index (κ2) is 7.11. The molecule has 0 saturated carbocycles. The zero-order chi connectivity index (χ0) is 18.1. The van der Waals surface area contributed by atoms with E-state index in [1.54, 1.807) is 24.5 Å². The lowest BCUT2D eigenvalue weighted by atomic mass is 9.95. The van der Waals surface area contributed by atoms with Gasteiger partial charge in [0.15, 0.2) is 0 Å². The van der Waals surface area contributed by atoms with Crippen molar-refractivity contribution in [3.8, 4) is 0 Å². The largest absolute Gasteiger partial charge is 0.464 e. The summed E-state index contributed by atoms with van der Waals surface area (Å²) in [7, 11) is 0. The van der Waals surface area contributed by atoms with E-state index in [0.717, 1.165) is 16.5 Å². The van der Waals surface area contributed by atoms with Gasteiger partial charge in [-0.15, -0.1) is 0 Å². The summed E-state index contributed by atoms with van der Waals surface area (Å²) < 4.78 is 5.63. The van der Waals surface area contributed by atoms with Crippen molar-refractivity contribution in [3.05, 3.63) is 63.3 Å². The van der Waals surface area contributed by atoms with Crippen molar-refractivity contribution in [2.45, 2.75) is 33.1 Å². The van der Waals surface area contributed by atoms with Crippen LogP contribution in [-0.4, -0.2) is 5.91 Å². The van der Waals surface area contributed by atoms with Crippen LogP contribution in [0.2, 0.25) is 10.0 Å². The van der Waals surface area contributed by atoms with Gasteiger partial charge in [-0.1, -0.05) is 37.0 Å². The molecule has 0 fully saturated rings. The lowest BCUT2D eigenvalue weighted by Gasteiger charge is -2.10. The number of aryl methyl sites for hydroxylation is 1. The molecule has 2 aromatic carbocycles. The Morgan fingerprint density at radius 3 is 2.60 bits per heavy atom. The van der Waals surface area contributed by atoms with E-state index in [0.29, 0.717) is 21.7 Å². The molecule has 0 saturated heterocycles. The summed E-state index contributed by atoms with van der Waals surface area (Å²) in [5, 5.41) is 4.69. The number of fused-ring (bicyclic) bond motifs is 1. The predicted octanol–water partition coefficient (Wildman–Crippen LogP) is 6.35. The molecule has 130 valence electrons. The smallest absolute Gasteiger partial charge is 0.228 e. The molecule has 0 aliphatic heterocycles.